The Morgan fingerprint density at radius 2 is 2.00 bits per heavy atom. The van der Waals surface area contributed by atoms with E-state index < -0.39 is 0 Å². The molecule has 120 valence electrons. The van der Waals surface area contributed by atoms with Crippen LogP contribution in [-0.4, -0.2) is 36.1 Å². The SMILES string of the molecule is CC(C)(C)c1cnc(CN2CCC3(CCNCC3)C2)s1.Cl. The molecule has 1 aromatic rings. The van der Waals surface area contributed by atoms with E-state index in [1.807, 2.05) is 11.3 Å². The van der Waals surface area contributed by atoms with Crippen molar-refractivity contribution in [3.05, 3.63) is 16.1 Å². The molecule has 0 aromatic carbocycles. The van der Waals surface area contributed by atoms with Crippen LogP contribution in [0.25, 0.3) is 0 Å². The first-order valence-electron chi connectivity index (χ1n) is 7.85. The lowest BCUT2D eigenvalue weighted by Crippen LogP contribution is -2.38. The summed E-state index contributed by atoms with van der Waals surface area (Å²) in [4.78, 5) is 8.67. The van der Waals surface area contributed by atoms with Gasteiger partial charge >= 0.3 is 0 Å². The standard InChI is InChI=1S/C16H27N3S.ClH/c1-15(2,3)13-10-18-14(20-13)11-19-9-6-16(12-19)4-7-17-8-5-16;/h10,17H,4-9,11-12H2,1-3H3;1H. The van der Waals surface area contributed by atoms with Gasteiger partial charge in [0, 0.05) is 17.6 Å². The van der Waals surface area contributed by atoms with Crippen molar-refractivity contribution in [2.75, 3.05) is 26.2 Å². The van der Waals surface area contributed by atoms with Gasteiger partial charge in [-0.05, 0) is 49.7 Å². The van der Waals surface area contributed by atoms with Gasteiger partial charge in [0.15, 0.2) is 0 Å². The molecule has 1 spiro atoms. The zero-order chi connectivity index (χ0) is 14.2. The number of thiazole rings is 1. The Balaban J connectivity index is 0.00000161. The van der Waals surface area contributed by atoms with Gasteiger partial charge < -0.3 is 5.32 Å². The maximum absolute atomic E-state index is 4.64. The molecule has 0 radical (unpaired) electrons. The molecule has 3 heterocycles. The largest absolute Gasteiger partial charge is 0.317 e. The van der Waals surface area contributed by atoms with Crippen molar-refractivity contribution in [2.24, 2.45) is 5.41 Å². The first-order valence-corrected chi connectivity index (χ1v) is 8.67. The van der Waals surface area contributed by atoms with Crippen molar-refractivity contribution >= 4 is 23.7 Å². The monoisotopic (exact) mass is 329 g/mol. The number of aromatic nitrogens is 1. The second kappa shape index (κ2) is 6.53. The van der Waals surface area contributed by atoms with E-state index in [2.05, 4.69) is 42.2 Å². The summed E-state index contributed by atoms with van der Waals surface area (Å²) in [5, 5.41) is 4.78. The first kappa shape index (κ1) is 17.2. The number of rotatable bonds is 2. The van der Waals surface area contributed by atoms with Crippen LogP contribution in [0.4, 0.5) is 0 Å². The van der Waals surface area contributed by atoms with Crippen molar-refractivity contribution < 1.29 is 0 Å². The van der Waals surface area contributed by atoms with E-state index in [0.717, 1.165) is 6.54 Å². The van der Waals surface area contributed by atoms with Gasteiger partial charge in [0.1, 0.15) is 5.01 Å². The minimum Gasteiger partial charge on any atom is -0.317 e. The number of halogens is 1. The molecule has 2 aliphatic rings. The van der Waals surface area contributed by atoms with Gasteiger partial charge in [0.2, 0.25) is 0 Å². The molecule has 0 unspecified atom stereocenters. The van der Waals surface area contributed by atoms with Crippen LogP contribution in [0.1, 0.15) is 49.9 Å². The summed E-state index contributed by atoms with van der Waals surface area (Å²) in [6.45, 7) is 12.8. The molecule has 2 saturated heterocycles. The molecule has 3 nitrogen and oxygen atoms in total. The summed E-state index contributed by atoms with van der Waals surface area (Å²) in [7, 11) is 0. The lowest BCUT2D eigenvalue weighted by Gasteiger charge is -2.33. The Kier molecular flexibility index (Phi) is 5.35. The Bertz CT molecular complexity index is 460. The topological polar surface area (TPSA) is 28.2 Å². The van der Waals surface area contributed by atoms with Crippen LogP contribution in [0.5, 0.6) is 0 Å². The maximum Gasteiger partial charge on any atom is 0.107 e. The molecule has 0 bridgehead atoms. The summed E-state index contributed by atoms with van der Waals surface area (Å²) in [6.07, 6.45) is 6.17. The van der Waals surface area contributed by atoms with Gasteiger partial charge in [-0.25, -0.2) is 4.98 Å². The third-order valence-electron chi connectivity index (χ3n) is 4.83. The Morgan fingerprint density at radius 1 is 1.29 bits per heavy atom. The van der Waals surface area contributed by atoms with Gasteiger partial charge in [0.25, 0.3) is 0 Å². The molecule has 1 aromatic heterocycles. The number of likely N-dealkylation sites (tertiary alicyclic amines) is 1. The predicted octanol–water partition coefficient (Wildman–Crippen LogP) is 3.44. The highest BCUT2D eigenvalue weighted by Gasteiger charge is 2.38. The number of piperidine rings is 1. The quantitative estimate of drug-likeness (QED) is 0.901. The van der Waals surface area contributed by atoms with E-state index in [1.54, 1.807) is 0 Å². The van der Waals surface area contributed by atoms with Gasteiger partial charge in [-0.15, -0.1) is 23.7 Å². The van der Waals surface area contributed by atoms with Gasteiger partial charge in [-0.1, -0.05) is 20.8 Å². The highest BCUT2D eigenvalue weighted by atomic mass is 35.5. The zero-order valence-electron chi connectivity index (χ0n) is 13.4. The van der Waals surface area contributed by atoms with Crippen molar-refractivity contribution in [2.45, 2.75) is 52.0 Å². The third-order valence-corrected chi connectivity index (χ3v) is 6.24. The van der Waals surface area contributed by atoms with Gasteiger partial charge in [-0.3, -0.25) is 4.90 Å². The molecule has 1 N–H and O–H groups in total. The molecule has 2 aliphatic heterocycles. The Hall–Kier alpha value is -0.160. The minimum atomic E-state index is 0. The Morgan fingerprint density at radius 3 is 2.62 bits per heavy atom. The van der Waals surface area contributed by atoms with Crippen LogP contribution in [0.2, 0.25) is 0 Å². The number of nitrogens with zero attached hydrogens (tertiary/aromatic N) is 2. The molecule has 0 amide bonds. The molecule has 0 saturated carbocycles. The highest BCUT2D eigenvalue weighted by molar-refractivity contribution is 7.11. The summed E-state index contributed by atoms with van der Waals surface area (Å²) >= 11 is 1.90. The Labute approximate surface area is 138 Å². The van der Waals surface area contributed by atoms with E-state index >= 15 is 0 Å². The number of nitrogens with one attached hydrogen (secondary N) is 1. The van der Waals surface area contributed by atoms with Gasteiger partial charge in [-0.2, -0.15) is 0 Å². The molecular formula is C16H28ClN3S. The molecule has 21 heavy (non-hydrogen) atoms. The van der Waals surface area contributed by atoms with Crippen LogP contribution in [-0.2, 0) is 12.0 Å². The minimum absolute atomic E-state index is 0. The normalized spacial score (nSPS) is 22.4. The van der Waals surface area contributed by atoms with Crippen molar-refractivity contribution in [3.63, 3.8) is 0 Å². The van der Waals surface area contributed by atoms with Crippen LogP contribution < -0.4 is 5.32 Å². The second-order valence-corrected chi connectivity index (χ2v) is 8.69. The van der Waals surface area contributed by atoms with Crippen LogP contribution >= 0.6 is 23.7 Å². The molecule has 2 fully saturated rings. The van der Waals surface area contributed by atoms with Crippen LogP contribution in [0, 0.1) is 5.41 Å². The molecule has 5 heteroatoms. The number of hydrogen-bond acceptors (Lipinski definition) is 4. The van der Waals surface area contributed by atoms with Crippen LogP contribution in [0.15, 0.2) is 6.20 Å². The third kappa shape index (κ3) is 3.98. The van der Waals surface area contributed by atoms with Crippen molar-refractivity contribution in [1.29, 1.82) is 0 Å². The maximum atomic E-state index is 4.64. The molecule has 0 atom stereocenters. The molecule has 3 rings (SSSR count). The first-order chi connectivity index (χ1) is 9.47. The lowest BCUT2D eigenvalue weighted by molar-refractivity contribution is 0.194. The summed E-state index contributed by atoms with van der Waals surface area (Å²) < 4.78 is 0. The van der Waals surface area contributed by atoms with Gasteiger partial charge in [0.05, 0.1) is 6.54 Å². The van der Waals surface area contributed by atoms with E-state index in [9.17, 15) is 0 Å². The van der Waals surface area contributed by atoms with Crippen LogP contribution in [0.3, 0.4) is 0 Å². The molecule has 0 aliphatic carbocycles. The average molecular weight is 330 g/mol. The summed E-state index contributed by atoms with van der Waals surface area (Å²) in [5.41, 5.74) is 0.840. The van der Waals surface area contributed by atoms with E-state index in [0.29, 0.717) is 5.41 Å². The smallest absolute Gasteiger partial charge is 0.107 e. The summed E-state index contributed by atoms with van der Waals surface area (Å²) in [6, 6.07) is 0. The van der Waals surface area contributed by atoms with E-state index in [4.69, 9.17) is 0 Å². The summed E-state index contributed by atoms with van der Waals surface area (Å²) in [5.74, 6) is 0. The number of hydrogen-bond donors (Lipinski definition) is 1. The van der Waals surface area contributed by atoms with E-state index in [-0.39, 0.29) is 17.8 Å². The fraction of sp³-hybridized carbons (Fsp3) is 0.812. The fourth-order valence-corrected chi connectivity index (χ4v) is 4.47. The predicted molar refractivity (Wildman–Crippen MR) is 92.5 cm³/mol. The van der Waals surface area contributed by atoms with Crippen molar-refractivity contribution in [3.8, 4) is 0 Å². The second-order valence-electron chi connectivity index (χ2n) is 7.58. The average Bonchev–Trinajstić information content (AvgIpc) is 2.99. The zero-order valence-corrected chi connectivity index (χ0v) is 15.1. The van der Waals surface area contributed by atoms with E-state index in [1.165, 1.54) is 55.3 Å². The van der Waals surface area contributed by atoms with Crippen molar-refractivity contribution in [1.82, 2.24) is 15.2 Å². The molecular weight excluding hydrogens is 302 g/mol. The highest BCUT2D eigenvalue weighted by Crippen LogP contribution is 2.39. The fourth-order valence-electron chi connectivity index (χ4n) is 3.45. The lowest BCUT2D eigenvalue weighted by atomic mass is 9.78.